The van der Waals surface area contributed by atoms with E-state index in [1.807, 2.05) is 6.92 Å². The van der Waals surface area contributed by atoms with Crippen LogP contribution in [0.3, 0.4) is 0 Å². The predicted octanol–water partition coefficient (Wildman–Crippen LogP) is 1.99. The minimum atomic E-state index is -0.621. The van der Waals surface area contributed by atoms with E-state index < -0.39 is 11.4 Å². The number of carbonyl (C=O) groups is 1. The van der Waals surface area contributed by atoms with Gasteiger partial charge in [0.1, 0.15) is 0 Å². The summed E-state index contributed by atoms with van der Waals surface area (Å²) in [5, 5.41) is 9.42. The zero-order valence-electron chi connectivity index (χ0n) is 11.1. The fourth-order valence-corrected chi connectivity index (χ4v) is 2.61. The van der Waals surface area contributed by atoms with Gasteiger partial charge in [0, 0.05) is 19.7 Å². The Kier molecular flexibility index (Phi) is 5.92. The Morgan fingerprint density at radius 2 is 2.00 bits per heavy atom. The summed E-state index contributed by atoms with van der Waals surface area (Å²) < 4.78 is 5.33. The third kappa shape index (κ3) is 3.96. The fraction of sp³-hybridized carbons (Fsp3) is 0.923. The lowest BCUT2D eigenvalue weighted by molar-refractivity contribution is -0.150. The van der Waals surface area contributed by atoms with Gasteiger partial charge in [-0.2, -0.15) is 0 Å². The largest absolute Gasteiger partial charge is 0.481 e. The van der Waals surface area contributed by atoms with Gasteiger partial charge in [0.25, 0.3) is 0 Å². The molecule has 1 aliphatic carbocycles. The Hall–Kier alpha value is -0.610. The molecular weight excluding hydrogens is 218 g/mol. The molecule has 0 aromatic rings. The average Bonchev–Trinajstić information content (AvgIpc) is 2.78. The van der Waals surface area contributed by atoms with Gasteiger partial charge < -0.3 is 14.7 Å². The number of hydrogen-bond acceptors (Lipinski definition) is 3. The van der Waals surface area contributed by atoms with E-state index in [2.05, 4.69) is 11.8 Å². The fourth-order valence-electron chi connectivity index (χ4n) is 2.61. The van der Waals surface area contributed by atoms with Gasteiger partial charge in [0.05, 0.1) is 12.0 Å². The van der Waals surface area contributed by atoms with Crippen LogP contribution < -0.4 is 0 Å². The van der Waals surface area contributed by atoms with Crippen molar-refractivity contribution in [2.75, 3.05) is 32.8 Å². The zero-order chi connectivity index (χ0) is 12.7. The molecule has 4 nitrogen and oxygen atoms in total. The van der Waals surface area contributed by atoms with Crippen LogP contribution in [0.25, 0.3) is 0 Å². The third-order valence-electron chi connectivity index (χ3n) is 3.74. The van der Waals surface area contributed by atoms with E-state index in [9.17, 15) is 9.90 Å². The van der Waals surface area contributed by atoms with Crippen molar-refractivity contribution in [3.8, 4) is 0 Å². The standard InChI is InChI=1S/C13H25NO3/c1-3-14(9-10-17-4-2)11-13(12(15)16)7-5-6-8-13/h3-11H2,1-2H3,(H,15,16). The lowest BCUT2D eigenvalue weighted by atomic mass is 9.85. The number of hydrogen-bond donors (Lipinski definition) is 1. The number of carboxylic acids is 1. The summed E-state index contributed by atoms with van der Waals surface area (Å²) in [6.45, 7) is 7.87. The summed E-state index contributed by atoms with van der Waals surface area (Å²) in [4.78, 5) is 13.7. The normalized spacial score (nSPS) is 18.8. The molecule has 0 atom stereocenters. The molecule has 1 N–H and O–H groups in total. The summed E-state index contributed by atoms with van der Waals surface area (Å²) in [7, 11) is 0. The van der Waals surface area contributed by atoms with Crippen LogP contribution in [-0.2, 0) is 9.53 Å². The van der Waals surface area contributed by atoms with Crippen LogP contribution >= 0.6 is 0 Å². The van der Waals surface area contributed by atoms with Gasteiger partial charge in [-0.25, -0.2) is 0 Å². The van der Waals surface area contributed by atoms with Gasteiger partial charge in [0.2, 0.25) is 0 Å². The van der Waals surface area contributed by atoms with Crippen molar-refractivity contribution in [3.63, 3.8) is 0 Å². The van der Waals surface area contributed by atoms with Gasteiger partial charge in [0.15, 0.2) is 0 Å². The molecule has 1 rings (SSSR count). The van der Waals surface area contributed by atoms with Crippen LogP contribution in [0.5, 0.6) is 0 Å². The number of rotatable bonds is 8. The second kappa shape index (κ2) is 6.97. The van der Waals surface area contributed by atoms with Crippen LogP contribution in [0.2, 0.25) is 0 Å². The molecule has 0 aromatic carbocycles. The summed E-state index contributed by atoms with van der Waals surface area (Å²) in [6, 6.07) is 0. The number of likely N-dealkylation sites (N-methyl/N-ethyl adjacent to an activating group) is 1. The van der Waals surface area contributed by atoms with E-state index in [1.54, 1.807) is 0 Å². The van der Waals surface area contributed by atoms with Gasteiger partial charge in [-0.1, -0.05) is 19.8 Å². The SMILES string of the molecule is CCOCCN(CC)CC1(C(=O)O)CCCC1. The molecule has 1 saturated carbocycles. The highest BCUT2D eigenvalue weighted by Crippen LogP contribution is 2.39. The first-order valence-corrected chi connectivity index (χ1v) is 6.68. The Morgan fingerprint density at radius 3 is 2.47 bits per heavy atom. The van der Waals surface area contributed by atoms with Crippen LogP contribution in [0, 0.1) is 5.41 Å². The first-order chi connectivity index (χ1) is 8.14. The van der Waals surface area contributed by atoms with Crippen molar-refractivity contribution in [2.45, 2.75) is 39.5 Å². The second-order valence-electron chi connectivity index (χ2n) is 4.86. The summed E-state index contributed by atoms with van der Waals surface area (Å²) >= 11 is 0. The van der Waals surface area contributed by atoms with E-state index in [-0.39, 0.29) is 0 Å². The topological polar surface area (TPSA) is 49.8 Å². The summed E-state index contributed by atoms with van der Waals surface area (Å²) in [5.74, 6) is -0.621. The van der Waals surface area contributed by atoms with E-state index in [0.29, 0.717) is 13.2 Å². The van der Waals surface area contributed by atoms with Crippen molar-refractivity contribution >= 4 is 5.97 Å². The molecule has 0 bridgehead atoms. The Morgan fingerprint density at radius 1 is 1.35 bits per heavy atom. The van der Waals surface area contributed by atoms with E-state index in [4.69, 9.17) is 4.74 Å². The van der Waals surface area contributed by atoms with Crippen LogP contribution in [0.1, 0.15) is 39.5 Å². The lowest BCUT2D eigenvalue weighted by Gasteiger charge is -2.31. The average molecular weight is 243 g/mol. The molecule has 0 spiro atoms. The third-order valence-corrected chi connectivity index (χ3v) is 3.74. The first kappa shape index (κ1) is 14.5. The van der Waals surface area contributed by atoms with E-state index >= 15 is 0 Å². The van der Waals surface area contributed by atoms with Crippen LogP contribution in [-0.4, -0.2) is 48.8 Å². The molecule has 0 radical (unpaired) electrons. The van der Waals surface area contributed by atoms with Crippen molar-refractivity contribution in [1.29, 1.82) is 0 Å². The van der Waals surface area contributed by atoms with Crippen molar-refractivity contribution < 1.29 is 14.6 Å². The van der Waals surface area contributed by atoms with E-state index in [1.165, 1.54) is 0 Å². The van der Waals surface area contributed by atoms with Crippen LogP contribution in [0.15, 0.2) is 0 Å². The maximum absolute atomic E-state index is 11.4. The highest BCUT2D eigenvalue weighted by molar-refractivity contribution is 5.75. The predicted molar refractivity (Wildman–Crippen MR) is 67.1 cm³/mol. The van der Waals surface area contributed by atoms with Gasteiger partial charge >= 0.3 is 5.97 Å². The molecule has 1 aliphatic rings. The number of ether oxygens (including phenoxy) is 1. The second-order valence-corrected chi connectivity index (χ2v) is 4.86. The first-order valence-electron chi connectivity index (χ1n) is 6.68. The Bertz CT molecular complexity index is 237. The van der Waals surface area contributed by atoms with Crippen molar-refractivity contribution in [1.82, 2.24) is 4.90 Å². The highest BCUT2D eigenvalue weighted by Gasteiger charge is 2.42. The molecule has 0 saturated heterocycles. The number of aliphatic carboxylic acids is 1. The highest BCUT2D eigenvalue weighted by atomic mass is 16.5. The molecule has 0 heterocycles. The van der Waals surface area contributed by atoms with E-state index in [0.717, 1.165) is 45.4 Å². The molecule has 17 heavy (non-hydrogen) atoms. The van der Waals surface area contributed by atoms with Gasteiger partial charge in [-0.05, 0) is 26.3 Å². The smallest absolute Gasteiger partial charge is 0.310 e. The Balaban J connectivity index is 2.49. The molecule has 0 amide bonds. The summed E-state index contributed by atoms with van der Waals surface area (Å²) in [5.41, 5.74) is -0.498. The monoisotopic (exact) mass is 243 g/mol. The minimum Gasteiger partial charge on any atom is -0.481 e. The summed E-state index contributed by atoms with van der Waals surface area (Å²) in [6.07, 6.45) is 3.76. The number of nitrogens with zero attached hydrogens (tertiary/aromatic N) is 1. The van der Waals surface area contributed by atoms with Gasteiger partial charge in [-0.3, -0.25) is 4.79 Å². The van der Waals surface area contributed by atoms with Crippen molar-refractivity contribution in [3.05, 3.63) is 0 Å². The lowest BCUT2D eigenvalue weighted by Crippen LogP contribution is -2.42. The zero-order valence-corrected chi connectivity index (χ0v) is 11.1. The van der Waals surface area contributed by atoms with Crippen molar-refractivity contribution in [2.24, 2.45) is 5.41 Å². The molecular formula is C13H25NO3. The van der Waals surface area contributed by atoms with Gasteiger partial charge in [-0.15, -0.1) is 0 Å². The number of carboxylic acid groups (broad SMARTS) is 1. The molecule has 100 valence electrons. The van der Waals surface area contributed by atoms with Crippen LogP contribution in [0.4, 0.5) is 0 Å². The molecule has 0 aromatic heterocycles. The molecule has 4 heteroatoms. The molecule has 1 fully saturated rings. The maximum Gasteiger partial charge on any atom is 0.310 e. The molecule has 0 unspecified atom stereocenters. The maximum atomic E-state index is 11.4. The quantitative estimate of drug-likeness (QED) is 0.662. The Labute approximate surface area is 104 Å². The minimum absolute atomic E-state index is 0.498. The molecule has 0 aliphatic heterocycles.